The fraction of sp³-hybridized carbons (Fsp3) is 0.571. The molecule has 0 radical (unpaired) electrons. The average Bonchev–Trinajstić information content (AvgIpc) is 2.67. The van der Waals surface area contributed by atoms with Crippen LogP contribution in [0.2, 0.25) is 0 Å². The van der Waals surface area contributed by atoms with Crippen LogP contribution in [0.15, 0.2) is 18.2 Å². The van der Waals surface area contributed by atoms with Crippen molar-refractivity contribution < 1.29 is 23.0 Å². The topological polar surface area (TPSA) is 53.7 Å². The van der Waals surface area contributed by atoms with E-state index < -0.39 is 13.0 Å². The van der Waals surface area contributed by atoms with Crippen LogP contribution in [0.5, 0.6) is 11.5 Å². The van der Waals surface area contributed by atoms with E-state index in [-0.39, 0.29) is 12.6 Å². The number of alkyl halides is 2. The number of hydrogen-bond donors (Lipinski definition) is 1. The largest absolute Gasteiger partial charge is 0.490 e. The van der Waals surface area contributed by atoms with Crippen LogP contribution >= 0.6 is 0 Å². The van der Waals surface area contributed by atoms with E-state index in [1.54, 1.807) is 0 Å². The lowest BCUT2D eigenvalue weighted by molar-refractivity contribution is 0.0152. The summed E-state index contributed by atoms with van der Waals surface area (Å²) < 4.78 is 39.8. The van der Waals surface area contributed by atoms with Crippen molar-refractivity contribution in [1.29, 1.82) is 0 Å². The summed E-state index contributed by atoms with van der Waals surface area (Å²) in [7, 11) is 0. The molecule has 2 N–H and O–H groups in total. The van der Waals surface area contributed by atoms with Gasteiger partial charge >= 0.3 is 0 Å². The van der Waals surface area contributed by atoms with Crippen LogP contribution < -0.4 is 15.2 Å². The molecule has 2 rings (SSSR count). The van der Waals surface area contributed by atoms with Gasteiger partial charge in [-0.25, -0.2) is 8.78 Å². The first-order valence-electron chi connectivity index (χ1n) is 6.68. The number of nitrogens with two attached hydrogens (primary N) is 1. The lowest BCUT2D eigenvalue weighted by Crippen LogP contribution is -2.15. The van der Waals surface area contributed by atoms with Crippen molar-refractivity contribution in [2.24, 2.45) is 5.73 Å². The standard InChI is InChI=1S/C14H19F2NO3/c15-14(16)9-18-7-4-11(17)10-2-3-12-13(8-10)20-6-1-5-19-12/h2-3,8,11,14H,1,4-7,9,17H2. The van der Waals surface area contributed by atoms with Crippen LogP contribution in [0.3, 0.4) is 0 Å². The lowest BCUT2D eigenvalue weighted by Gasteiger charge is -2.15. The van der Waals surface area contributed by atoms with E-state index in [2.05, 4.69) is 0 Å². The number of halogens is 2. The maximum Gasteiger partial charge on any atom is 0.261 e. The van der Waals surface area contributed by atoms with Crippen LogP contribution in [0.25, 0.3) is 0 Å². The molecule has 0 spiro atoms. The summed E-state index contributed by atoms with van der Waals surface area (Å²) in [6, 6.07) is 5.27. The molecule has 1 aromatic rings. The molecular weight excluding hydrogens is 268 g/mol. The van der Waals surface area contributed by atoms with E-state index in [1.165, 1.54) is 0 Å². The van der Waals surface area contributed by atoms with E-state index in [1.807, 2.05) is 18.2 Å². The molecule has 0 aliphatic carbocycles. The van der Waals surface area contributed by atoms with Crippen LogP contribution in [0.1, 0.15) is 24.4 Å². The Hall–Kier alpha value is -1.40. The van der Waals surface area contributed by atoms with Crippen molar-refractivity contribution in [3.05, 3.63) is 23.8 Å². The Morgan fingerprint density at radius 2 is 1.95 bits per heavy atom. The fourth-order valence-electron chi connectivity index (χ4n) is 1.96. The van der Waals surface area contributed by atoms with Crippen molar-refractivity contribution in [3.63, 3.8) is 0 Å². The van der Waals surface area contributed by atoms with Crippen molar-refractivity contribution in [3.8, 4) is 11.5 Å². The van der Waals surface area contributed by atoms with Gasteiger partial charge in [-0.15, -0.1) is 0 Å². The molecule has 1 unspecified atom stereocenters. The van der Waals surface area contributed by atoms with E-state index in [0.29, 0.717) is 31.1 Å². The predicted octanol–water partition coefficient (Wildman–Crippen LogP) is 2.52. The summed E-state index contributed by atoms with van der Waals surface area (Å²) in [5.74, 6) is 1.40. The molecule has 0 aromatic heterocycles. The molecule has 0 fully saturated rings. The predicted molar refractivity (Wildman–Crippen MR) is 70.4 cm³/mol. The molecule has 6 heteroatoms. The van der Waals surface area contributed by atoms with Gasteiger partial charge in [-0.1, -0.05) is 6.07 Å². The van der Waals surface area contributed by atoms with Crippen LogP contribution in [-0.4, -0.2) is 32.9 Å². The minimum absolute atomic E-state index is 0.208. The third-order valence-corrected chi connectivity index (χ3v) is 3.02. The average molecular weight is 287 g/mol. The zero-order valence-corrected chi connectivity index (χ0v) is 11.2. The Balaban J connectivity index is 1.89. The third-order valence-electron chi connectivity index (χ3n) is 3.02. The SMILES string of the molecule is NC(CCOCC(F)F)c1ccc2c(c1)OCCCO2. The maximum absolute atomic E-state index is 11.9. The second-order valence-electron chi connectivity index (χ2n) is 4.62. The second kappa shape index (κ2) is 7.40. The quantitative estimate of drug-likeness (QED) is 0.817. The molecule has 0 bridgehead atoms. The molecular formula is C14H19F2NO3. The Labute approximate surface area is 116 Å². The summed E-state index contributed by atoms with van der Waals surface area (Å²) >= 11 is 0. The van der Waals surface area contributed by atoms with Gasteiger partial charge in [0.25, 0.3) is 6.43 Å². The van der Waals surface area contributed by atoms with Crippen molar-refractivity contribution in [2.45, 2.75) is 25.3 Å². The van der Waals surface area contributed by atoms with E-state index in [4.69, 9.17) is 19.9 Å². The zero-order chi connectivity index (χ0) is 14.4. The third kappa shape index (κ3) is 4.31. The first-order chi connectivity index (χ1) is 9.66. The van der Waals surface area contributed by atoms with Gasteiger partial charge in [-0.3, -0.25) is 0 Å². The minimum atomic E-state index is -2.44. The monoisotopic (exact) mass is 287 g/mol. The van der Waals surface area contributed by atoms with Crippen LogP contribution in [0.4, 0.5) is 8.78 Å². The second-order valence-corrected chi connectivity index (χ2v) is 4.62. The van der Waals surface area contributed by atoms with Gasteiger partial charge in [0.1, 0.15) is 6.61 Å². The molecule has 0 saturated carbocycles. The Bertz CT molecular complexity index is 429. The summed E-state index contributed by atoms with van der Waals surface area (Å²) in [4.78, 5) is 0. The minimum Gasteiger partial charge on any atom is -0.490 e. The smallest absolute Gasteiger partial charge is 0.261 e. The first-order valence-corrected chi connectivity index (χ1v) is 6.68. The van der Waals surface area contributed by atoms with E-state index in [9.17, 15) is 8.78 Å². The van der Waals surface area contributed by atoms with Crippen molar-refractivity contribution in [1.82, 2.24) is 0 Å². The highest BCUT2D eigenvalue weighted by Crippen LogP contribution is 2.32. The number of hydrogen-bond acceptors (Lipinski definition) is 4. The molecule has 1 aliphatic heterocycles. The highest BCUT2D eigenvalue weighted by Gasteiger charge is 2.14. The number of ether oxygens (including phenoxy) is 3. The van der Waals surface area contributed by atoms with Crippen molar-refractivity contribution in [2.75, 3.05) is 26.4 Å². The first kappa shape index (κ1) is 15.0. The van der Waals surface area contributed by atoms with Crippen molar-refractivity contribution >= 4 is 0 Å². The highest BCUT2D eigenvalue weighted by atomic mass is 19.3. The summed E-state index contributed by atoms with van der Waals surface area (Å²) in [6.45, 7) is 0.914. The van der Waals surface area contributed by atoms with Crippen LogP contribution in [-0.2, 0) is 4.74 Å². The normalized spacial score (nSPS) is 16.0. The van der Waals surface area contributed by atoms with Gasteiger partial charge < -0.3 is 19.9 Å². The molecule has 1 atom stereocenters. The van der Waals surface area contributed by atoms with Gasteiger partial charge in [0.2, 0.25) is 0 Å². The molecule has 0 amide bonds. The highest BCUT2D eigenvalue weighted by molar-refractivity contribution is 5.44. The van der Waals surface area contributed by atoms with Gasteiger partial charge in [-0.2, -0.15) is 0 Å². The zero-order valence-electron chi connectivity index (χ0n) is 11.2. The van der Waals surface area contributed by atoms with Gasteiger partial charge in [0, 0.05) is 19.1 Å². The maximum atomic E-state index is 11.9. The molecule has 1 aromatic carbocycles. The summed E-state index contributed by atoms with van der Waals surface area (Å²) in [6.07, 6.45) is -1.12. The Morgan fingerprint density at radius 1 is 1.20 bits per heavy atom. The Morgan fingerprint density at radius 3 is 2.70 bits per heavy atom. The van der Waals surface area contributed by atoms with E-state index in [0.717, 1.165) is 12.0 Å². The lowest BCUT2D eigenvalue weighted by atomic mass is 10.0. The molecule has 112 valence electrons. The summed E-state index contributed by atoms with van der Waals surface area (Å²) in [5.41, 5.74) is 6.90. The number of benzene rings is 1. The number of fused-ring (bicyclic) bond motifs is 1. The molecule has 1 aliphatic rings. The van der Waals surface area contributed by atoms with Gasteiger partial charge in [-0.05, 0) is 24.1 Å². The fourth-order valence-corrected chi connectivity index (χ4v) is 1.96. The molecule has 20 heavy (non-hydrogen) atoms. The molecule has 1 heterocycles. The summed E-state index contributed by atoms with van der Waals surface area (Å²) in [5, 5.41) is 0. The van der Waals surface area contributed by atoms with Crippen LogP contribution in [0, 0.1) is 0 Å². The Kier molecular flexibility index (Phi) is 5.55. The van der Waals surface area contributed by atoms with Gasteiger partial charge in [0.15, 0.2) is 11.5 Å². The number of rotatable bonds is 6. The molecule has 0 saturated heterocycles. The van der Waals surface area contributed by atoms with Gasteiger partial charge in [0.05, 0.1) is 13.2 Å². The van der Waals surface area contributed by atoms with E-state index >= 15 is 0 Å². The molecule has 4 nitrogen and oxygen atoms in total.